The van der Waals surface area contributed by atoms with Crippen molar-refractivity contribution in [2.24, 2.45) is 4.99 Å². The summed E-state index contributed by atoms with van der Waals surface area (Å²) in [6, 6.07) is 9.37. The number of terminal acetylenes is 1. The minimum atomic E-state index is 0.889. The first-order chi connectivity index (χ1) is 16.1. The van der Waals surface area contributed by atoms with E-state index in [1.807, 2.05) is 13.2 Å². The van der Waals surface area contributed by atoms with Gasteiger partial charge in [-0.2, -0.15) is 0 Å². The normalized spacial score (nSPS) is 19.5. The van der Waals surface area contributed by atoms with Crippen LogP contribution in [-0.4, -0.2) is 66.8 Å². The molecule has 1 aromatic carbocycles. The molecular formula is C28H39N5. The summed E-state index contributed by atoms with van der Waals surface area (Å²) in [6.07, 6.45) is 20.4. The first kappa shape index (κ1) is 25.0. The number of pyridine rings is 1. The molecule has 33 heavy (non-hydrogen) atoms. The number of rotatable bonds is 3. The second-order valence-electron chi connectivity index (χ2n) is 9.15. The number of aromatic nitrogens is 1. The molecule has 2 fully saturated rings. The Morgan fingerprint density at radius 2 is 1.70 bits per heavy atom. The van der Waals surface area contributed by atoms with Crippen LogP contribution < -0.4 is 5.32 Å². The number of fused-ring (bicyclic) bond motifs is 1. The Morgan fingerprint density at radius 1 is 0.970 bits per heavy atom. The fourth-order valence-electron chi connectivity index (χ4n) is 4.79. The third-order valence-corrected chi connectivity index (χ3v) is 6.80. The molecule has 1 aromatic heterocycles. The van der Waals surface area contributed by atoms with Gasteiger partial charge < -0.3 is 10.2 Å². The van der Waals surface area contributed by atoms with Crippen LogP contribution in [0.15, 0.2) is 41.5 Å². The number of piperazine rings is 1. The van der Waals surface area contributed by atoms with Crippen LogP contribution in [0.3, 0.4) is 0 Å². The SMILES string of the molecule is C#C.CN1CCN(C2CCCCC2)CC1.CNc1cc2cc(C3=CCC(C)=N3)ccc2cn1. The van der Waals surface area contributed by atoms with Crippen molar-refractivity contribution in [2.45, 2.75) is 51.5 Å². The molecule has 176 valence electrons. The van der Waals surface area contributed by atoms with E-state index in [1.54, 1.807) is 0 Å². The maximum Gasteiger partial charge on any atom is 0.126 e. The molecule has 1 saturated carbocycles. The minimum absolute atomic E-state index is 0.889. The second kappa shape index (κ2) is 12.5. The molecule has 0 unspecified atom stereocenters. The maximum absolute atomic E-state index is 4.55. The van der Waals surface area contributed by atoms with E-state index in [-0.39, 0.29) is 0 Å². The number of hydrogen-bond donors (Lipinski definition) is 1. The molecule has 0 amide bonds. The van der Waals surface area contributed by atoms with Crippen LogP contribution in [-0.2, 0) is 0 Å². The number of hydrogen-bond acceptors (Lipinski definition) is 5. The molecule has 0 spiro atoms. The molecule has 5 heteroatoms. The van der Waals surface area contributed by atoms with E-state index in [2.05, 4.69) is 82.3 Å². The van der Waals surface area contributed by atoms with Gasteiger partial charge in [0, 0.05) is 68.5 Å². The lowest BCUT2D eigenvalue weighted by Crippen LogP contribution is -2.49. The highest BCUT2D eigenvalue weighted by Gasteiger charge is 2.23. The lowest BCUT2D eigenvalue weighted by Gasteiger charge is -2.39. The minimum Gasteiger partial charge on any atom is -0.373 e. The van der Waals surface area contributed by atoms with E-state index in [4.69, 9.17) is 0 Å². The van der Waals surface area contributed by atoms with Crippen LogP contribution in [0.2, 0.25) is 0 Å². The van der Waals surface area contributed by atoms with Gasteiger partial charge in [0.1, 0.15) is 5.82 Å². The maximum atomic E-state index is 4.55. The van der Waals surface area contributed by atoms with Crippen LogP contribution in [0.25, 0.3) is 16.5 Å². The van der Waals surface area contributed by atoms with Gasteiger partial charge in [-0.05, 0) is 44.3 Å². The fourth-order valence-corrected chi connectivity index (χ4v) is 4.79. The zero-order chi connectivity index (χ0) is 23.6. The first-order valence-electron chi connectivity index (χ1n) is 12.2. The molecule has 0 bridgehead atoms. The molecule has 3 aliphatic rings. The molecule has 3 heterocycles. The highest BCUT2D eigenvalue weighted by atomic mass is 15.3. The number of nitrogens with one attached hydrogen (secondary N) is 1. The molecule has 5 rings (SSSR count). The number of anilines is 1. The predicted octanol–water partition coefficient (Wildman–Crippen LogP) is 5.30. The largest absolute Gasteiger partial charge is 0.373 e. The molecule has 1 saturated heterocycles. The van der Waals surface area contributed by atoms with E-state index in [0.29, 0.717) is 0 Å². The Morgan fingerprint density at radius 3 is 2.33 bits per heavy atom. The van der Waals surface area contributed by atoms with Crippen LogP contribution in [0, 0.1) is 12.8 Å². The van der Waals surface area contributed by atoms with E-state index >= 15 is 0 Å². The monoisotopic (exact) mass is 445 g/mol. The van der Waals surface area contributed by atoms with Crippen molar-refractivity contribution in [1.82, 2.24) is 14.8 Å². The van der Waals surface area contributed by atoms with Crippen molar-refractivity contribution in [3.05, 3.63) is 42.1 Å². The molecule has 2 aliphatic heterocycles. The zero-order valence-electron chi connectivity index (χ0n) is 20.6. The Labute approximate surface area is 200 Å². The summed E-state index contributed by atoms with van der Waals surface area (Å²) in [5.41, 5.74) is 3.43. The third kappa shape index (κ3) is 6.90. The fraction of sp³-hybridized carbons (Fsp3) is 0.500. The Kier molecular flexibility index (Phi) is 9.47. The lowest BCUT2D eigenvalue weighted by molar-refractivity contribution is 0.0913. The summed E-state index contributed by atoms with van der Waals surface area (Å²) < 4.78 is 0. The first-order valence-corrected chi connectivity index (χ1v) is 12.2. The van der Waals surface area contributed by atoms with Gasteiger partial charge in [-0.1, -0.05) is 37.5 Å². The van der Waals surface area contributed by atoms with Gasteiger partial charge in [-0.3, -0.25) is 9.89 Å². The average Bonchev–Trinajstić information content (AvgIpc) is 3.32. The molecule has 2 aromatic rings. The average molecular weight is 446 g/mol. The molecule has 0 radical (unpaired) electrons. The number of benzene rings is 1. The van der Waals surface area contributed by atoms with Gasteiger partial charge in [0.05, 0.1) is 5.70 Å². The summed E-state index contributed by atoms with van der Waals surface area (Å²) in [7, 11) is 4.11. The highest BCUT2D eigenvalue weighted by Crippen LogP contribution is 2.26. The summed E-state index contributed by atoms with van der Waals surface area (Å²) >= 11 is 0. The van der Waals surface area contributed by atoms with Crippen molar-refractivity contribution in [3.63, 3.8) is 0 Å². The van der Waals surface area contributed by atoms with Crippen molar-refractivity contribution in [1.29, 1.82) is 0 Å². The van der Waals surface area contributed by atoms with Crippen LogP contribution in [0.5, 0.6) is 0 Å². The molecule has 0 atom stereocenters. The summed E-state index contributed by atoms with van der Waals surface area (Å²) in [5.74, 6) is 0.889. The Hall–Kier alpha value is -2.68. The van der Waals surface area contributed by atoms with Gasteiger partial charge in [-0.15, -0.1) is 12.8 Å². The number of likely N-dealkylation sites (N-methyl/N-ethyl adjacent to an activating group) is 1. The highest BCUT2D eigenvalue weighted by molar-refractivity contribution is 5.96. The van der Waals surface area contributed by atoms with Gasteiger partial charge >= 0.3 is 0 Å². The van der Waals surface area contributed by atoms with Crippen molar-refractivity contribution in [2.75, 3.05) is 45.6 Å². The lowest BCUT2D eigenvalue weighted by atomic mass is 9.94. The molecule has 1 aliphatic carbocycles. The summed E-state index contributed by atoms with van der Waals surface area (Å²) in [4.78, 5) is 14.0. The third-order valence-electron chi connectivity index (χ3n) is 6.80. The standard InChI is InChI=1S/C15H15N3.C11H22N2.C2H2/c1-10-3-6-14(18-10)11-4-5-12-9-17-15(16-2)8-13(12)7-11;1-12-7-9-13(10-8-12)11-5-3-2-4-6-11;1-2/h4-9H,3H2,1-2H3,(H,16,17);11H,2-10H2,1H3;1-2H. The Balaban J connectivity index is 0.000000181. The number of nitrogens with zero attached hydrogens (tertiary/aromatic N) is 4. The summed E-state index contributed by atoms with van der Waals surface area (Å²) in [6.45, 7) is 7.23. The van der Waals surface area contributed by atoms with Crippen LogP contribution in [0.1, 0.15) is 51.0 Å². The number of allylic oxidation sites excluding steroid dienone is 1. The van der Waals surface area contributed by atoms with Crippen LogP contribution in [0.4, 0.5) is 5.82 Å². The van der Waals surface area contributed by atoms with Gasteiger partial charge in [0.15, 0.2) is 0 Å². The van der Waals surface area contributed by atoms with E-state index in [1.165, 1.54) is 74.9 Å². The molecule has 1 N–H and O–H groups in total. The topological polar surface area (TPSA) is 43.8 Å². The van der Waals surface area contributed by atoms with Crippen molar-refractivity contribution < 1.29 is 0 Å². The van der Waals surface area contributed by atoms with Crippen molar-refractivity contribution >= 4 is 28.0 Å². The quantitative estimate of drug-likeness (QED) is 0.651. The van der Waals surface area contributed by atoms with Gasteiger partial charge in [0.2, 0.25) is 0 Å². The van der Waals surface area contributed by atoms with Gasteiger partial charge in [0.25, 0.3) is 0 Å². The second-order valence-corrected chi connectivity index (χ2v) is 9.15. The van der Waals surface area contributed by atoms with E-state index in [0.717, 1.165) is 29.4 Å². The molecule has 5 nitrogen and oxygen atoms in total. The Bertz CT molecular complexity index is 976. The molecular weight excluding hydrogens is 406 g/mol. The predicted molar refractivity (Wildman–Crippen MR) is 143 cm³/mol. The van der Waals surface area contributed by atoms with Crippen molar-refractivity contribution in [3.8, 4) is 12.8 Å². The van der Waals surface area contributed by atoms with E-state index < -0.39 is 0 Å². The van der Waals surface area contributed by atoms with E-state index in [9.17, 15) is 0 Å². The van der Waals surface area contributed by atoms with Gasteiger partial charge in [-0.25, -0.2) is 4.98 Å². The zero-order valence-corrected chi connectivity index (χ0v) is 20.6. The smallest absolute Gasteiger partial charge is 0.126 e. The van der Waals surface area contributed by atoms with Crippen LogP contribution >= 0.6 is 0 Å². The number of aliphatic imine (C=N–C) groups is 1. The summed E-state index contributed by atoms with van der Waals surface area (Å²) in [5, 5.41) is 5.40.